The van der Waals surface area contributed by atoms with Crippen molar-refractivity contribution in [3.63, 3.8) is 0 Å². The minimum absolute atomic E-state index is 0.103. The largest absolute Gasteiger partial charge is 0.391 e. The van der Waals surface area contributed by atoms with Crippen molar-refractivity contribution in [2.24, 2.45) is 0 Å². The maximum Gasteiger partial charge on any atom is 0.391 e. The van der Waals surface area contributed by atoms with E-state index in [-0.39, 0.29) is 19.1 Å². The molecule has 0 radical (unpaired) electrons. The third-order valence-electron chi connectivity index (χ3n) is 2.91. The molecule has 0 aromatic heterocycles. The Morgan fingerprint density at radius 1 is 1.42 bits per heavy atom. The molecule has 0 spiro atoms. The molecule has 1 heterocycles. The number of alkyl halides is 3. The van der Waals surface area contributed by atoms with Crippen molar-refractivity contribution in [2.45, 2.75) is 50.9 Å². The van der Waals surface area contributed by atoms with E-state index in [1.54, 1.807) is 0 Å². The monoisotopic (exact) mass is 282 g/mol. The first-order valence-electron chi connectivity index (χ1n) is 6.55. The normalized spacial score (nSPS) is 19.2. The predicted molar refractivity (Wildman–Crippen MR) is 64.7 cm³/mol. The first-order chi connectivity index (χ1) is 8.87. The van der Waals surface area contributed by atoms with Crippen LogP contribution < -0.4 is 10.6 Å². The molecule has 1 fully saturated rings. The molecule has 1 amide bonds. The molecule has 2 N–H and O–H groups in total. The van der Waals surface area contributed by atoms with E-state index in [0.717, 1.165) is 25.9 Å². The van der Waals surface area contributed by atoms with Gasteiger partial charge in [0.15, 0.2) is 0 Å². The van der Waals surface area contributed by atoms with Gasteiger partial charge >= 0.3 is 6.18 Å². The number of piperidine rings is 1. The third-order valence-corrected chi connectivity index (χ3v) is 2.91. The first-order valence-corrected chi connectivity index (χ1v) is 6.55. The van der Waals surface area contributed by atoms with Gasteiger partial charge in [0.05, 0.1) is 19.1 Å². The van der Waals surface area contributed by atoms with Gasteiger partial charge in [0.1, 0.15) is 0 Å². The molecule has 0 aliphatic carbocycles. The lowest BCUT2D eigenvalue weighted by Gasteiger charge is -2.23. The number of carbonyl (C=O) groups excluding carboxylic acids is 1. The Bertz CT molecular complexity index is 279. The molecule has 1 unspecified atom stereocenters. The van der Waals surface area contributed by atoms with Crippen molar-refractivity contribution in [3.8, 4) is 0 Å². The van der Waals surface area contributed by atoms with Gasteiger partial charge in [0.25, 0.3) is 0 Å². The summed E-state index contributed by atoms with van der Waals surface area (Å²) in [5.41, 5.74) is 0. The zero-order chi connectivity index (χ0) is 14.3. The summed E-state index contributed by atoms with van der Waals surface area (Å²) < 4.78 is 41.7. The topological polar surface area (TPSA) is 50.4 Å². The summed E-state index contributed by atoms with van der Waals surface area (Å²) in [6.07, 6.45) is -3.18. The molecule has 0 saturated carbocycles. The third kappa shape index (κ3) is 8.05. The van der Waals surface area contributed by atoms with E-state index in [2.05, 4.69) is 10.6 Å². The minimum atomic E-state index is -4.25. The number of hydrogen-bond acceptors (Lipinski definition) is 3. The average Bonchev–Trinajstić information content (AvgIpc) is 2.27. The van der Waals surface area contributed by atoms with Crippen LogP contribution in [0.1, 0.15) is 32.6 Å². The average molecular weight is 282 g/mol. The molecule has 1 rings (SSSR count). The zero-order valence-corrected chi connectivity index (χ0v) is 11.1. The number of hydrogen-bond donors (Lipinski definition) is 2. The van der Waals surface area contributed by atoms with Gasteiger partial charge in [-0.2, -0.15) is 13.2 Å². The van der Waals surface area contributed by atoms with Gasteiger partial charge in [-0.25, -0.2) is 0 Å². The SMILES string of the molecule is CC(CC(F)(F)F)NC(=O)CCOC1CCNCC1. The molecule has 19 heavy (non-hydrogen) atoms. The van der Waals surface area contributed by atoms with Crippen molar-refractivity contribution < 1.29 is 22.7 Å². The first kappa shape index (κ1) is 16.2. The Morgan fingerprint density at radius 2 is 2.05 bits per heavy atom. The van der Waals surface area contributed by atoms with E-state index < -0.39 is 24.5 Å². The number of amides is 1. The molecule has 112 valence electrons. The van der Waals surface area contributed by atoms with Gasteiger partial charge in [0.2, 0.25) is 5.91 Å². The Balaban J connectivity index is 2.10. The fraction of sp³-hybridized carbons (Fsp3) is 0.917. The maximum atomic E-state index is 12.1. The molecule has 1 aliphatic rings. The molecule has 4 nitrogen and oxygen atoms in total. The molecule has 0 aromatic carbocycles. The van der Waals surface area contributed by atoms with E-state index >= 15 is 0 Å². The Kier molecular flexibility index (Phi) is 6.57. The van der Waals surface area contributed by atoms with E-state index in [9.17, 15) is 18.0 Å². The van der Waals surface area contributed by atoms with Crippen LogP contribution in [0, 0.1) is 0 Å². The van der Waals surface area contributed by atoms with E-state index in [1.165, 1.54) is 6.92 Å². The van der Waals surface area contributed by atoms with Crippen molar-refractivity contribution in [3.05, 3.63) is 0 Å². The van der Waals surface area contributed by atoms with Gasteiger partial charge in [-0.15, -0.1) is 0 Å². The van der Waals surface area contributed by atoms with Crippen LogP contribution in [0.15, 0.2) is 0 Å². The lowest BCUT2D eigenvalue weighted by atomic mass is 10.1. The van der Waals surface area contributed by atoms with Crippen LogP contribution in [0.3, 0.4) is 0 Å². The van der Waals surface area contributed by atoms with Crippen LogP contribution in [0.4, 0.5) is 13.2 Å². The number of carbonyl (C=O) groups is 1. The van der Waals surface area contributed by atoms with Crippen LogP contribution >= 0.6 is 0 Å². The minimum Gasteiger partial charge on any atom is -0.378 e. The predicted octanol–water partition coefficient (Wildman–Crippen LogP) is 1.60. The van der Waals surface area contributed by atoms with Crippen LogP contribution in [-0.4, -0.2) is 43.9 Å². The summed E-state index contributed by atoms with van der Waals surface area (Å²) in [6.45, 7) is 3.41. The second-order valence-corrected chi connectivity index (χ2v) is 4.86. The number of halogens is 3. The van der Waals surface area contributed by atoms with Crippen molar-refractivity contribution in [1.29, 1.82) is 0 Å². The molecule has 1 atom stereocenters. The molecule has 7 heteroatoms. The number of nitrogens with one attached hydrogen (secondary N) is 2. The van der Waals surface area contributed by atoms with Crippen LogP contribution in [0.5, 0.6) is 0 Å². The molecular formula is C12H21F3N2O2. The molecule has 0 bridgehead atoms. The summed E-state index contributed by atoms with van der Waals surface area (Å²) >= 11 is 0. The smallest absolute Gasteiger partial charge is 0.378 e. The van der Waals surface area contributed by atoms with E-state index in [0.29, 0.717) is 0 Å². The summed E-state index contributed by atoms with van der Waals surface area (Å²) in [5, 5.41) is 5.52. The zero-order valence-electron chi connectivity index (χ0n) is 11.1. The number of ether oxygens (including phenoxy) is 1. The summed E-state index contributed by atoms with van der Waals surface area (Å²) in [4.78, 5) is 11.4. The molecular weight excluding hydrogens is 261 g/mol. The van der Waals surface area contributed by atoms with E-state index in [1.807, 2.05) is 0 Å². The highest BCUT2D eigenvalue weighted by atomic mass is 19.4. The standard InChI is InChI=1S/C12H21F3N2O2/c1-9(8-12(13,14)15)17-11(18)4-7-19-10-2-5-16-6-3-10/h9-10,16H,2-8H2,1H3,(H,17,18). The molecule has 1 saturated heterocycles. The van der Waals surface area contributed by atoms with E-state index in [4.69, 9.17) is 4.74 Å². The van der Waals surface area contributed by atoms with Gasteiger partial charge in [-0.3, -0.25) is 4.79 Å². The molecule has 0 aromatic rings. The number of rotatable bonds is 6. The Labute approximate surface area is 111 Å². The fourth-order valence-corrected chi connectivity index (χ4v) is 2.03. The van der Waals surface area contributed by atoms with Crippen LogP contribution in [0.25, 0.3) is 0 Å². The Hall–Kier alpha value is -0.820. The van der Waals surface area contributed by atoms with Gasteiger partial charge in [0, 0.05) is 12.5 Å². The van der Waals surface area contributed by atoms with Gasteiger partial charge < -0.3 is 15.4 Å². The van der Waals surface area contributed by atoms with Crippen LogP contribution in [0.2, 0.25) is 0 Å². The summed E-state index contributed by atoms with van der Waals surface area (Å²) in [5.74, 6) is -0.398. The fourth-order valence-electron chi connectivity index (χ4n) is 2.03. The van der Waals surface area contributed by atoms with Gasteiger partial charge in [-0.1, -0.05) is 0 Å². The lowest BCUT2D eigenvalue weighted by molar-refractivity contribution is -0.141. The molecule has 1 aliphatic heterocycles. The van der Waals surface area contributed by atoms with Crippen molar-refractivity contribution >= 4 is 5.91 Å². The highest BCUT2D eigenvalue weighted by Crippen LogP contribution is 2.21. The summed E-state index contributed by atoms with van der Waals surface area (Å²) in [6, 6.07) is -0.897. The van der Waals surface area contributed by atoms with Crippen molar-refractivity contribution in [1.82, 2.24) is 10.6 Å². The highest BCUT2D eigenvalue weighted by molar-refractivity contribution is 5.76. The highest BCUT2D eigenvalue weighted by Gasteiger charge is 2.30. The quantitative estimate of drug-likeness (QED) is 0.778. The lowest BCUT2D eigenvalue weighted by Crippen LogP contribution is -2.37. The maximum absolute atomic E-state index is 12.1. The van der Waals surface area contributed by atoms with Crippen molar-refractivity contribution in [2.75, 3.05) is 19.7 Å². The second-order valence-electron chi connectivity index (χ2n) is 4.86. The summed E-state index contributed by atoms with van der Waals surface area (Å²) in [7, 11) is 0. The van der Waals surface area contributed by atoms with Gasteiger partial charge in [-0.05, 0) is 32.9 Å². The van der Waals surface area contributed by atoms with Crippen LogP contribution in [-0.2, 0) is 9.53 Å². The second kappa shape index (κ2) is 7.69. The Morgan fingerprint density at radius 3 is 2.63 bits per heavy atom.